The number of aromatic hydroxyl groups is 1. The molecule has 0 amide bonds. The fourth-order valence-electron chi connectivity index (χ4n) is 2.18. The van der Waals surface area contributed by atoms with Gasteiger partial charge in [0.25, 0.3) is 0 Å². The molecule has 0 atom stereocenters. The summed E-state index contributed by atoms with van der Waals surface area (Å²) < 4.78 is 0.732. The van der Waals surface area contributed by atoms with Crippen molar-refractivity contribution in [2.24, 2.45) is 4.99 Å². The maximum atomic E-state index is 10.3. The highest BCUT2D eigenvalue weighted by molar-refractivity contribution is 9.10. The van der Waals surface area contributed by atoms with E-state index in [-0.39, 0.29) is 5.75 Å². The first-order valence-corrected chi connectivity index (χ1v) is 8.04. The van der Waals surface area contributed by atoms with E-state index >= 15 is 0 Å². The van der Waals surface area contributed by atoms with Gasteiger partial charge in [-0.2, -0.15) is 0 Å². The topological polar surface area (TPSA) is 48.4 Å². The summed E-state index contributed by atoms with van der Waals surface area (Å²) in [5, 5.41) is 12.0. The van der Waals surface area contributed by atoms with E-state index in [0.29, 0.717) is 27.7 Å². The Balaban J connectivity index is 1.91. The van der Waals surface area contributed by atoms with Gasteiger partial charge in [-0.15, -0.1) is 0 Å². The molecular weight excluding hydrogens is 387 g/mol. The van der Waals surface area contributed by atoms with E-state index in [0.717, 1.165) is 15.6 Å². The number of H-pyrrole nitrogens is 1. The summed E-state index contributed by atoms with van der Waals surface area (Å²) in [5.74, 6) is 0.0872. The van der Waals surface area contributed by atoms with Crippen molar-refractivity contribution in [1.82, 2.24) is 4.98 Å². The SMILES string of the molecule is Oc1c(C=NCc2ccccc2Cl)[nH]c2ccc(Br)c(Cl)c12. The zero-order valence-electron chi connectivity index (χ0n) is 11.3. The molecule has 3 aromatic rings. The fraction of sp³-hybridized carbons (Fsp3) is 0.0625. The van der Waals surface area contributed by atoms with Crippen LogP contribution >= 0.6 is 39.1 Å². The molecule has 3 rings (SSSR count). The van der Waals surface area contributed by atoms with E-state index in [1.807, 2.05) is 36.4 Å². The summed E-state index contributed by atoms with van der Waals surface area (Å²) in [5.41, 5.74) is 2.20. The average Bonchev–Trinajstić information content (AvgIpc) is 2.82. The quantitative estimate of drug-likeness (QED) is 0.558. The van der Waals surface area contributed by atoms with Gasteiger partial charge >= 0.3 is 0 Å². The first kappa shape index (κ1) is 15.4. The average molecular weight is 398 g/mol. The third-order valence-corrected chi connectivity index (χ3v) is 4.95. The zero-order valence-corrected chi connectivity index (χ0v) is 14.4. The second-order valence-electron chi connectivity index (χ2n) is 4.73. The van der Waals surface area contributed by atoms with Crippen molar-refractivity contribution in [1.29, 1.82) is 0 Å². The Morgan fingerprint density at radius 3 is 2.73 bits per heavy atom. The second kappa shape index (κ2) is 6.32. The number of rotatable bonds is 3. The molecular formula is C16H11BrCl2N2O. The number of aliphatic imine (C=N–C) groups is 1. The van der Waals surface area contributed by atoms with Crippen LogP contribution in [0.2, 0.25) is 10.0 Å². The smallest absolute Gasteiger partial charge is 0.151 e. The molecule has 0 aliphatic rings. The molecule has 112 valence electrons. The van der Waals surface area contributed by atoms with Gasteiger partial charge in [0.05, 0.1) is 28.2 Å². The number of aromatic nitrogens is 1. The molecule has 0 spiro atoms. The third kappa shape index (κ3) is 2.86. The lowest BCUT2D eigenvalue weighted by atomic mass is 10.2. The van der Waals surface area contributed by atoms with Gasteiger partial charge in [0.1, 0.15) is 0 Å². The fourth-order valence-corrected chi connectivity index (χ4v) is 2.96. The number of benzene rings is 2. The molecule has 0 saturated heterocycles. The molecule has 0 aliphatic heterocycles. The zero-order chi connectivity index (χ0) is 15.7. The minimum atomic E-state index is 0.0872. The van der Waals surface area contributed by atoms with Crippen LogP contribution in [-0.4, -0.2) is 16.3 Å². The van der Waals surface area contributed by atoms with E-state index in [2.05, 4.69) is 25.9 Å². The maximum absolute atomic E-state index is 10.3. The van der Waals surface area contributed by atoms with Crippen molar-refractivity contribution in [2.75, 3.05) is 0 Å². The van der Waals surface area contributed by atoms with Crippen molar-refractivity contribution >= 4 is 56.2 Å². The highest BCUT2D eigenvalue weighted by Crippen LogP contribution is 2.38. The minimum Gasteiger partial charge on any atom is -0.505 e. The van der Waals surface area contributed by atoms with E-state index in [1.54, 1.807) is 6.21 Å². The lowest BCUT2D eigenvalue weighted by molar-refractivity contribution is 0.480. The molecule has 0 radical (unpaired) electrons. The largest absolute Gasteiger partial charge is 0.505 e. The molecule has 0 fully saturated rings. The summed E-state index contributed by atoms with van der Waals surface area (Å²) in [6.45, 7) is 0.436. The number of aromatic amines is 1. The maximum Gasteiger partial charge on any atom is 0.151 e. The molecule has 22 heavy (non-hydrogen) atoms. The van der Waals surface area contributed by atoms with Gasteiger partial charge in [0.15, 0.2) is 5.75 Å². The third-order valence-electron chi connectivity index (χ3n) is 3.30. The monoisotopic (exact) mass is 396 g/mol. The van der Waals surface area contributed by atoms with Crippen molar-refractivity contribution in [3.8, 4) is 5.75 Å². The Kier molecular flexibility index (Phi) is 4.43. The Labute approximate surface area is 145 Å². The predicted octanol–water partition coefficient (Wildman–Crippen LogP) is 5.56. The summed E-state index contributed by atoms with van der Waals surface area (Å²) in [7, 11) is 0. The number of fused-ring (bicyclic) bond motifs is 1. The summed E-state index contributed by atoms with van der Waals surface area (Å²) in [4.78, 5) is 7.42. The van der Waals surface area contributed by atoms with Crippen LogP contribution in [0.5, 0.6) is 5.75 Å². The first-order chi connectivity index (χ1) is 10.6. The highest BCUT2D eigenvalue weighted by Gasteiger charge is 2.13. The lowest BCUT2D eigenvalue weighted by Crippen LogP contribution is -1.86. The van der Waals surface area contributed by atoms with Gasteiger partial charge in [-0.1, -0.05) is 41.4 Å². The van der Waals surface area contributed by atoms with E-state index in [4.69, 9.17) is 23.2 Å². The van der Waals surface area contributed by atoms with Crippen LogP contribution < -0.4 is 0 Å². The Bertz CT molecular complexity index is 874. The van der Waals surface area contributed by atoms with Crippen molar-refractivity contribution in [3.63, 3.8) is 0 Å². The van der Waals surface area contributed by atoms with Gasteiger partial charge in [-0.25, -0.2) is 0 Å². The Hall–Kier alpha value is -1.49. The molecule has 0 aliphatic carbocycles. The molecule has 6 heteroatoms. The van der Waals surface area contributed by atoms with Crippen LogP contribution in [-0.2, 0) is 6.54 Å². The van der Waals surface area contributed by atoms with Gasteiger partial charge in [-0.05, 0) is 39.7 Å². The number of nitrogens with one attached hydrogen (secondary N) is 1. The van der Waals surface area contributed by atoms with E-state index in [9.17, 15) is 5.11 Å². The minimum absolute atomic E-state index is 0.0872. The van der Waals surface area contributed by atoms with Crippen LogP contribution in [0, 0.1) is 0 Å². The van der Waals surface area contributed by atoms with Crippen LogP contribution in [0.15, 0.2) is 45.9 Å². The van der Waals surface area contributed by atoms with Crippen LogP contribution in [0.25, 0.3) is 10.9 Å². The summed E-state index contributed by atoms with van der Waals surface area (Å²) >= 11 is 15.6. The van der Waals surface area contributed by atoms with Gasteiger partial charge in [-0.3, -0.25) is 4.99 Å². The molecule has 2 N–H and O–H groups in total. The van der Waals surface area contributed by atoms with Gasteiger partial charge < -0.3 is 10.1 Å². The van der Waals surface area contributed by atoms with Crippen molar-refractivity contribution in [3.05, 3.63) is 62.2 Å². The summed E-state index contributed by atoms with van der Waals surface area (Å²) in [6.07, 6.45) is 1.59. The number of hydrogen-bond donors (Lipinski definition) is 2. The van der Waals surface area contributed by atoms with E-state index < -0.39 is 0 Å². The van der Waals surface area contributed by atoms with Gasteiger partial charge in [0, 0.05) is 15.7 Å². The van der Waals surface area contributed by atoms with Crippen molar-refractivity contribution < 1.29 is 5.11 Å². The predicted molar refractivity (Wildman–Crippen MR) is 95.4 cm³/mol. The Morgan fingerprint density at radius 2 is 1.95 bits per heavy atom. The van der Waals surface area contributed by atoms with Crippen LogP contribution in [0.3, 0.4) is 0 Å². The van der Waals surface area contributed by atoms with Crippen LogP contribution in [0.4, 0.5) is 0 Å². The van der Waals surface area contributed by atoms with Crippen LogP contribution in [0.1, 0.15) is 11.3 Å². The number of nitrogens with zero attached hydrogens (tertiary/aromatic N) is 1. The Morgan fingerprint density at radius 1 is 1.18 bits per heavy atom. The molecule has 1 heterocycles. The lowest BCUT2D eigenvalue weighted by Gasteiger charge is -1.99. The van der Waals surface area contributed by atoms with E-state index in [1.165, 1.54) is 0 Å². The first-order valence-electron chi connectivity index (χ1n) is 6.50. The molecule has 0 bridgehead atoms. The second-order valence-corrected chi connectivity index (χ2v) is 6.37. The molecule has 0 unspecified atom stereocenters. The highest BCUT2D eigenvalue weighted by atomic mass is 79.9. The number of hydrogen-bond acceptors (Lipinski definition) is 2. The standard InChI is InChI=1S/C16H11BrCl2N2O/c17-10-5-6-12-14(15(10)19)16(22)13(21-12)8-20-7-9-3-1-2-4-11(9)18/h1-6,8,21-22H,7H2. The molecule has 3 nitrogen and oxygen atoms in total. The molecule has 2 aromatic carbocycles. The normalized spacial score (nSPS) is 11.6. The van der Waals surface area contributed by atoms with Crippen molar-refractivity contribution in [2.45, 2.75) is 6.54 Å². The molecule has 0 saturated carbocycles. The molecule has 1 aromatic heterocycles. The summed E-state index contributed by atoms with van der Waals surface area (Å²) in [6, 6.07) is 11.2. The van der Waals surface area contributed by atoms with Gasteiger partial charge in [0.2, 0.25) is 0 Å². The number of halogens is 3.